The van der Waals surface area contributed by atoms with Crippen molar-refractivity contribution < 1.29 is 14.3 Å². The lowest BCUT2D eigenvalue weighted by molar-refractivity contribution is -0.138. The Morgan fingerprint density at radius 1 is 1.19 bits per heavy atom. The van der Waals surface area contributed by atoms with Crippen molar-refractivity contribution in [1.82, 2.24) is 14.5 Å². The van der Waals surface area contributed by atoms with Crippen LogP contribution >= 0.6 is 11.3 Å². The molecule has 1 saturated heterocycles. The number of carbonyl (C=O) groups is 2. The van der Waals surface area contributed by atoms with E-state index < -0.39 is 12.1 Å². The molecule has 0 unspecified atom stereocenters. The summed E-state index contributed by atoms with van der Waals surface area (Å²) in [6.45, 7) is 5.45. The SMILES string of the molecule is Cc1c(C(=O)O[C@H](C)C(=O)N2CCCC2)sc2nc3n(c(=O)c12)CCC3. The molecule has 4 heterocycles. The number of ether oxygens (including phenoxy) is 1. The number of aromatic nitrogens is 2. The highest BCUT2D eigenvalue weighted by Gasteiger charge is 2.29. The van der Waals surface area contributed by atoms with Gasteiger partial charge in [-0.25, -0.2) is 9.78 Å². The molecular weight excluding hydrogens is 354 g/mol. The number of aryl methyl sites for hydroxylation is 2. The minimum atomic E-state index is -0.829. The third-order valence-electron chi connectivity index (χ3n) is 5.15. The standard InChI is InChI=1S/C18H21N3O4S/c1-10-13-15(19-12-6-5-9-21(12)17(13)23)26-14(10)18(24)25-11(2)16(22)20-7-3-4-8-20/h11H,3-9H2,1-2H3/t11-/m1/s1. The molecule has 0 spiro atoms. The van der Waals surface area contributed by atoms with E-state index in [4.69, 9.17) is 4.74 Å². The number of hydrogen-bond donors (Lipinski definition) is 0. The van der Waals surface area contributed by atoms with Crippen LogP contribution in [0.25, 0.3) is 10.2 Å². The lowest BCUT2D eigenvalue weighted by Crippen LogP contribution is -2.38. The molecule has 1 fully saturated rings. The minimum absolute atomic E-state index is 0.0866. The molecule has 7 nitrogen and oxygen atoms in total. The van der Waals surface area contributed by atoms with Gasteiger partial charge >= 0.3 is 5.97 Å². The molecule has 0 bridgehead atoms. The van der Waals surface area contributed by atoms with Crippen LogP contribution in [-0.4, -0.2) is 45.5 Å². The van der Waals surface area contributed by atoms with E-state index in [0.29, 0.717) is 27.2 Å². The Hall–Kier alpha value is -2.22. The zero-order valence-electron chi connectivity index (χ0n) is 14.9. The van der Waals surface area contributed by atoms with Crippen LogP contribution in [0.3, 0.4) is 0 Å². The number of amides is 1. The van der Waals surface area contributed by atoms with Crippen molar-refractivity contribution in [2.45, 2.75) is 52.2 Å². The van der Waals surface area contributed by atoms with Gasteiger partial charge in [0.05, 0.1) is 5.39 Å². The summed E-state index contributed by atoms with van der Waals surface area (Å²) in [4.78, 5) is 44.9. The molecule has 1 atom stereocenters. The van der Waals surface area contributed by atoms with Gasteiger partial charge in [0.25, 0.3) is 11.5 Å². The predicted octanol–water partition coefficient (Wildman–Crippen LogP) is 1.88. The summed E-state index contributed by atoms with van der Waals surface area (Å²) in [6, 6.07) is 0. The number of esters is 1. The summed E-state index contributed by atoms with van der Waals surface area (Å²) in [5.41, 5.74) is 0.506. The lowest BCUT2D eigenvalue weighted by Gasteiger charge is -2.20. The molecule has 2 aromatic rings. The molecule has 0 radical (unpaired) electrons. The third kappa shape index (κ3) is 2.72. The summed E-state index contributed by atoms with van der Waals surface area (Å²) in [5.74, 6) is 0.0585. The number of likely N-dealkylation sites (tertiary alicyclic amines) is 1. The lowest BCUT2D eigenvalue weighted by atomic mass is 10.2. The summed E-state index contributed by atoms with van der Waals surface area (Å²) < 4.78 is 7.10. The molecule has 2 aliphatic rings. The van der Waals surface area contributed by atoms with E-state index in [2.05, 4.69) is 4.98 Å². The highest BCUT2D eigenvalue weighted by atomic mass is 32.1. The van der Waals surface area contributed by atoms with Gasteiger partial charge < -0.3 is 9.64 Å². The smallest absolute Gasteiger partial charge is 0.349 e. The molecule has 0 aliphatic carbocycles. The van der Waals surface area contributed by atoms with Crippen molar-refractivity contribution in [2.75, 3.05) is 13.1 Å². The molecular formula is C18H21N3O4S. The average molecular weight is 375 g/mol. The van der Waals surface area contributed by atoms with E-state index in [9.17, 15) is 14.4 Å². The molecule has 4 rings (SSSR count). The van der Waals surface area contributed by atoms with Gasteiger partial charge in [-0.15, -0.1) is 11.3 Å². The maximum atomic E-state index is 12.7. The first-order valence-corrected chi connectivity index (χ1v) is 9.81. The van der Waals surface area contributed by atoms with Crippen LogP contribution in [0.15, 0.2) is 4.79 Å². The largest absolute Gasteiger partial charge is 0.448 e. The Morgan fingerprint density at radius 2 is 1.92 bits per heavy atom. The molecule has 138 valence electrons. The van der Waals surface area contributed by atoms with Crippen molar-refractivity contribution in [1.29, 1.82) is 0 Å². The first-order chi connectivity index (χ1) is 12.5. The van der Waals surface area contributed by atoms with E-state index in [-0.39, 0.29) is 11.5 Å². The van der Waals surface area contributed by atoms with Crippen molar-refractivity contribution >= 4 is 33.4 Å². The van der Waals surface area contributed by atoms with Gasteiger partial charge in [0.15, 0.2) is 6.10 Å². The Kier molecular flexibility index (Phi) is 4.30. The Bertz CT molecular complexity index is 955. The zero-order chi connectivity index (χ0) is 18.4. The molecule has 2 aromatic heterocycles. The summed E-state index contributed by atoms with van der Waals surface area (Å²) >= 11 is 1.17. The van der Waals surface area contributed by atoms with Crippen LogP contribution < -0.4 is 5.56 Å². The fourth-order valence-corrected chi connectivity index (χ4v) is 4.80. The normalized spacial score (nSPS) is 17.5. The summed E-state index contributed by atoms with van der Waals surface area (Å²) in [6.07, 6.45) is 2.85. The monoisotopic (exact) mass is 375 g/mol. The van der Waals surface area contributed by atoms with Crippen molar-refractivity contribution in [2.24, 2.45) is 0 Å². The molecule has 0 N–H and O–H groups in total. The van der Waals surface area contributed by atoms with Crippen molar-refractivity contribution in [3.63, 3.8) is 0 Å². The van der Waals surface area contributed by atoms with Crippen LogP contribution in [0.1, 0.15) is 47.2 Å². The van der Waals surface area contributed by atoms with Gasteiger partial charge in [-0.05, 0) is 38.7 Å². The third-order valence-corrected chi connectivity index (χ3v) is 6.31. The molecule has 26 heavy (non-hydrogen) atoms. The summed E-state index contributed by atoms with van der Waals surface area (Å²) in [5, 5.41) is 0.492. The summed E-state index contributed by atoms with van der Waals surface area (Å²) in [7, 11) is 0. The predicted molar refractivity (Wildman–Crippen MR) is 97.6 cm³/mol. The highest BCUT2D eigenvalue weighted by Crippen LogP contribution is 2.29. The van der Waals surface area contributed by atoms with Gasteiger partial charge in [-0.1, -0.05) is 0 Å². The minimum Gasteiger partial charge on any atom is -0.448 e. The van der Waals surface area contributed by atoms with Crippen LogP contribution in [0.4, 0.5) is 0 Å². The van der Waals surface area contributed by atoms with Crippen LogP contribution in [0.2, 0.25) is 0 Å². The highest BCUT2D eigenvalue weighted by molar-refractivity contribution is 7.20. The second-order valence-corrected chi connectivity index (χ2v) is 7.90. The van der Waals surface area contributed by atoms with Gasteiger partial charge in [0.2, 0.25) is 0 Å². The molecule has 8 heteroatoms. The van der Waals surface area contributed by atoms with E-state index in [1.165, 1.54) is 11.3 Å². The average Bonchev–Trinajstić information content (AvgIpc) is 3.34. The van der Waals surface area contributed by atoms with Crippen LogP contribution in [-0.2, 0) is 22.5 Å². The van der Waals surface area contributed by atoms with Crippen LogP contribution in [0, 0.1) is 6.92 Å². The van der Waals surface area contributed by atoms with E-state index in [0.717, 1.165) is 44.6 Å². The van der Waals surface area contributed by atoms with Gasteiger partial charge in [-0.3, -0.25) is 14.2 Å². The number of hydrogen-bond acceptors (Lipinski definition) is 6. The van der Waals surface area contributed by atoms with Gasteiger partial charge in [0, 0.05) is 26.1 Å². The quantitative estimate of drug-likeness (QED) is 0.765. The number of rotatable bonds is 3. The van der Waals surface area contributed by atoms with Gasteiger partial charge in [-0.2, -0.15) is 0 Å². The maximum absolute atomic E-state index is 12.7. The van der Waals surface area contributed by atoms with Crippen molar-refractivity contribution in [3.8, 4) is 0 Å². The van der Waals surface area contributed by atoms with E-state index in [1.807, 2.05) is 0 Å². The first kappa shape index (κ1) is 17.2. The Morgan fingerprint density at radius 3 is 2.65 bits per heavy atom. The number of nitrogens with zero attached hydrogens (tertiary/aromatic N) is 3. The Balaban J connectivity index is 1.61. The van der Waals surface area contributed by atoms with Crippen molar-refractivity contribution in [3.05, 3.63) is 26.6 Å². The maximum Gasteiger partial charge on any atom is 0.349 e. The number of fused-ring (bicyclic) bond motifs is 2. The number of carbonyl (C=O) groups excluding carboxylic acids is 2. The van der Waals surface area contributed by atoms with E-state index in [1.54, 1.807) is 23.3 Å². The fourth-order valence-electron chi connectivity index (χ4n) is 3.73. The molecule has 2 aliphatic heterocycles. The molecule has 0 saturated carbocycles. The van der Waals surface area contributed by atoms with E-state index >= 15 is 0 Å². The first-order valence-electron chi connectivity index (χ1n) is 9.00. The zero-order valence-corrected chi connectivity index (χ0v) is 15.7. The molecule has 0 aromatic carbocycles. The Labute approximate surface area is 154 Å². The topological polar surface area (TPSA) is 81.5 Å². The van der Waals surface area contributed by atoms with Crippen LogP contribution in [0.5, 0.6) is 0 Å². The number of thiophene rings is 1. The fraction of sp³-hybridized carbons (Fsp3) is 0.556. The second kappa shape index (κ2) is 6.50. The second-order valence-electron chi connectivity index (χ2n) is 6.90. The molecule has 1 amide bonds. The van der Waals surface area contributed by atoms with Gasteiger partial charge in [0.1, 0.15) is 15.5 Å².